The maximum absolute atomic E-state index is 2.48. The van der Waals surface area contributed by atoms with Crippen LogP contribution in [0.5, 0.6) is 0 Å². The van der Waals surface area contributed by atoms with E-state index in [-0.39, 0.29) is 0 Å². The van der Waals surface area contributed by atoms with Gasteiger partial charge in [0.25, 0.3) is 0 Å². The number of hydrogen-bond acceptors (Lipinski definition) is 0. The van der Waals surface area contributed by atoms with Crippen molar-refractivity contribution in [2.24, 2.45) is 17.8 Å². The lowest BCUT2D eigenvalue weighted by atomic mass is 9.72. The standard InChI is InChI=1S/C9H14/c1-6-3-8-5-7(2)9(8)4-6/h4,6-8H,3,5H2,1-2H3. The average Bonchev–Trinajstić information content (AvgIpc) is 2.08. The van der Waals surface area contributed by atoms with Gasteiger partial charge in [-0.1, -0.05) is 25.5 Å². The van der Waals surface area contributed by atoms with Gasteiger partial charge in [-0.3, -0.25) is 0 Å². The monoisotopic (exact) mass is 122 g/mol. The molecule has 0 saturated heterocycles. The number of rotatable bonds is 0. The molecule has 50 valence electrons. The maximum atomic E-state index is 2.48. The summed E-state index contributed by atoms with van der Waals surface area (Å²) in [5.41, 5.74) is 1.77. The highest BCUT2D eigenvalue weighted by Gasteiger charge is 2.36. The molecule has 0 aromatic heterocycles. The van der Waals surface area contributed by atoms with Crippen LogP contribution >= 0.6 is 0 Å². The molecule has 3 atom stereocenters. The molecule has 0 spiro atoms. The van der Waals surface area contributed by atoms with E-state index in [1.54, 1.807) is 5.57 Å². The van der Waals surface area contributed by atoms with Gasteiger partial charge >= 0.3 is 0 Å². The van der Waals surface area contributed by atoms with Crippen LogP contribution in [0.3, 0.4) is 0 Å². The van der Waals surface area contributed by atoms with Crippen LogP contribution in [0, 0.1) is 17.8 Å². The van der Waals surface area contributed by atoms with Crippen LogP contribution in [0.4, 0.5) is 0 Å². The zero-order chi connectivity index (χ0) is 6.43. The summed E-state index contributed by atoms with van der Waals surface area (Å²) in [5.74, 6) is 2.82. The van der Waals surface area contributed by atoms with E-state index in [2.05, 4.69) is 19.9 Å². The summed E-state index contributed by atoms with van der Waals surface area (Å²) >= 11 is 0. The van der Waals surface area contributed by atoms with Crippen molar-refractivity contribution in [2.75, 3.05) is 0 Å². The van der Waals surface area contributed by atoms with Crippen molar-refractivity contribution in [2.45, 2.75) is 26.7 Å². The van der Waals surface area contributed by atoms with E-state index in [0.29, 0.717) is 0 Å². The molecule has 2 rings (SSSR count). The van der Waals surface area contributed by atoms with Gasteiger partial charge in [-0.05, 0) is 30.6 Å². The third-order valence-corrected chi connectivity index (χ3v) is 2.81. The molecule has 0 nitrogen and oxygen atoms in total. The molecule has 0 radical (unpaired) electrons. The molecular formula is C9H14. The van der Waals surface area contributed by atoms with Gasteiger partial charge in [0.05, 0.1) is 0 Å². The molecule has 9 heavy (non-hydrogen) atoms. The molecule has 2 aliphatic carbocycles. The summed E-state index contributed by atoms with van der Waals surface area (Å²) in [6.45, 7) is 4.68. The third-order valence-electron chi connectivity index (χ3n) is 2.81. The smallest absolute Gasteiger partial charge is 0.0189 e. The summed E-state index contributed by atoms with van der Waals surface area (Å²) in [6, 6.07) is 0. The van der Waals surface area contributed by atoms with Crippen molar-refractivity contribution >= 4 is 0 Å². The first-order chi connectivity index (χ1) is 4.27. The van der Waals surface area contributed by atoms with Crippen LogP contribution in [0.1, 0.15) is 26.7 Å². The lowest BCUT2D eigenvalue weighted by Crippen LogP contribution is -2.21. The van der Waals surface area contributed by atoms with Crippen LogP contribution in [0.2, 0.25) is 0 Å². The Morgan fingerprint density at radius 2 is 2.11 bits per heavy atom. The Balaban J connectivity index is 2.16. The van der Waals surface area contributed by atoms with Gasteiger partial charge in [-0.15, -0.1) is 0 Å². The molecule has 0 amide bonds. The highest BCUT2D eigenvalue weighted by atomic mass is 14.4. The summed E-state index contributed by atoms with van der Waals surface area (Å²) < 4.78 is 0. The molecule has 0 N–H and O–H groups in total. The van der Waals surface area contributed by atoms with E-state index in [1.165, 1.54) is 12.8 Å². The molecule has 0 heterocycles. The van der Waals surface area contributed by atoms with Crippen LogP contribution in [-0.2, 0) is 0 Å². The predicted octanol–water partition coefficient (Wildman–Crippen LogP) is 2.61. The van der Waals surface area contributed by atoms with E-state index in [9.17, 15) is 0 Å². The van der Waals surface area contributed by atoms with Gasteiger partial charge in [0.1, 0.15) is 0 Å². The van der Waals surface area contributed by atoms with Gasteiger partial charge in [-0.25, -0.2) is 0 Å². The minimum Gasteiger partial charge on any atom is -0.0819 e. The average molecular weight is 122 g/mol. The summed E-state index contributed by atoms with van der Waals surface area (Å²) in [4.78, 5) is 0. The van der Waals surface area contributed by atoms with Crippen LogP contribution in [0.25, 0.3) is 0 Å². The van der Waals surface area contributed by atoms with Crippen LogP contribution in [0.15, 0.2) is 11.6 Å². The van der Waals surface area contributed by atoms with Gasteiger partial charge in [0.2, 0.25) is 0 Å². The second kappa shape index (κ2) is 1.62. The Morgan fingerprint density at radius 1 is 1.33 bits per heavy atom. The van der Waals surface area contributed by atoms with Crippen molar-refractivity contribution in [3.05, 3.63) is 11.6 Å². The van der Waals surface area contributed by atoms with E-state index in [1.807, 2.05) is 0 Å². The molecule has 0 bridgehead atoms. The highest BCUT2D eigenvalue weighted by Crippen LogP contribution is 2.48. The molecule has 1 saturated carbocycles. The number of fused-ring (bicyclic) bond motifs is 1. The molecule has 2 aliphatic rings. The van der Waals surface area contributed by atoms with Gasteiger partial charge in [0.15, 0.2) is 0 Å². The largest absolute Gasteiger partial charge is 0.0819 e. The third kappa shape index (κ3) is 0.654. The first-order valence-electron chi connectivity index (χ1n) is 3.99. The maximum Gasteiger partial charge on any atom is -0.0189 e. The Kier molecular flexibility index (Phi) is 0.992. The lowest BCUT2D eigenvalue weighted by molar-refractivity contribution is 0.331. The number of hydrogen-bond donors (Lipinski definition) is 0. The minimum atomic E-state index is 0.884. The molecule has 0 aromatic carbocycles. The van der Waals surface area contributed by atoms with Gasteiger partial charge in [-0.2, -0.15) is 0 Å². The van der Waals surface area contributed by atoms with Gasteiger partial charge in [0, 0.05) is 0 Å². The van der Waals surface area contributed by atoms with Crippen LogP contribution < -0.4 is 0 Å². The Bertz CT molecular complexity index is 155. The fraction of sp³-hybridized carbons (Fsp3) is 0.778. The molecule has 0 aromatic rings. The summed E-state index contributed by atoms with van der Waals surface area (Å²) in [5, 5.41) is 0. The SMILES string of the molecule is CC1C=C2C(C)CC2C1. The lowest BCUT2D eigenvalue weighted by Gasteiger charge is -2.33. The molecular weight excluding hydrogens is 108 g/mol. The van der Waals surface area contributed by atoms with Crippen molar-refractivity contribution in [3.8, 4) is 0 Å². The Morgan fingerprint density at radius 3 is 2.56 bits per heavy atom. The van der Waals surface area contributed by atoms with E-state index < -0.39 is 0 Å². The fourth-order valence-electron chi connectivity index (χ4n) is 2.32. The van der Waals surface area contributed by atoms with E-state index in [4.69, 9.17) is 0 Å². The number of allylic oxidation sites excluding steroid dienone is 2. The van der Waals surface area contributed by atoms with Crippen molar-refractivity contribution in [3.63, 3.8) is 0 Å². The molecule has 0 heteroatoms. The van der Waals surface area contributed by atoms with Crippen LogP contribution in [-0.4, -0.2) is 0 Å². The molecule has 1 fully saturated rings. The first-order valence-corrected chi connectivity index (χ1v) is 3.99. The molecule has 3 unspecified atom stereocenters. The fourth-order valence-corrected chi connectivity index (χ4v) is 2.32. The Hall–Kier alpha value is -0.260. The quantitative estimate of drug-likeness (QED) is 0.433. The van der Waals surface area contributed by atoms with E-state index >= 15 is 0 Å². The van der Waals surface area contributed by atoms with Crippen molar-refractivity contribution in [1.82, 2.24) is 0 Å². The van der Waals surface area contributed by atoms with Crippen molar-refractivity contribution < 1.29 is 0 Å². The highest BCUT2D eigenvalue weighted by molar-refractivity contribution is 5.24. The summed E-state index contributed by atoms with van der Waals surface area (Å²) in [7, 11) is 0. The summed E-state index contributed by atoms with van der Waals surface area (Å²) in [6.07, 6.45) is 5.40. The topological polar surface area (TPSA) is 0 Å². The predicted molar refractivity (Wildman–Crippen MR) is 39.1 cm³/mol. The Labute approximate surface area is 57.0 Å². The second-order valence-corrected chi connectivity index (χ2v) is 3.71. The van der Waals surface area contributed by atoms with Gasteiger partial charge < -0.3 is 0 Å². The first kappa shape index (κ1) is 5.52. The molecule has 0 aliphatic heterocycles. The minimum absolute atomic E-state index is 0.884. The van der Waals surface area contributed by atoms with Crippen molar-refractivity contribution in [1.29, 1.82) is 0 Å². The van der Waals surface area contributed by atoms with E-state index in [0.717, 1.165) is 17.8 Å². The second-order valence-electron chi connectivity index (χ2n) is 3.71. The zero-order valence-corrected chi connectivity index (χ0v) is 6.22. The normalized spacial score (nSPS) is 47.8. The zero-order valence-electron chi connectivity index (χ0n) is 6.22.